The molecule has 1 fully saturated rings. The van der Waals surface area contributed by atoms with Crippen LogP contribution in [-0.4, -0.2) is 38.8 Å². The first-order chi connectivity index (χ1) is 11.6. The van der Waals surface area contributed by atoms with Crippen LogP contribution in [0.4, 0.5) is 0 Å². The molecule has 1 saturated heterocycles. The summed E-state index contributed by atoms with van der Waals surface area (Å²) >= 11 is 0. The Balaban J connectivity index is 1.49. The van der Waals surface area contributed by atoms with E-state index in [9.17, 15) is 4.79 Å². The molecule has 0 saturated carbocycles. The van der Waals surface area contributed by atoms with Crippen molar-refractivity contribution in [2.24, 2.45) is 0 Å². The zero-order valence-corrected chi connectivity index (χ0v) is 13.9. The molecule has 3 heterocycles. The third kappa shape index (κ3) is 2.48. The summed E-state index contributed by atoms with van der Waals surface area (Å²) in [6, 6.07) is 8.42. The molecular formula is C18H20N4O2. The van der Waals surface area contributed by atoms with Gasteiger partial charge in [-0.15, -0.1) is 0 Å². The van der Waals surface area contributed by atoms with Gasteiger partial charge in [-0.05, 0) is 26.3 Å². The van der Waals surface area contributed by atoms with E-state index in [0.717, 1.165) is 40.9 Å². The van der Waals surface area contributed by atoms with E-state index in [2.05, 4.69) is 27.1 Å². The molecule has 6 nitrogen and oxygen atoms in total. The third-order valence-corrected chi connectivity index (χ3v) is 4.88. The van der Waals surface area contributed by atoms with Gasteiger partial charge in [-0.2, -0.15) is 5.10 Å². The van der Waals surface area contributed by atoms with E-state index in [1.165, 1.54) is 0 Å². The summed E-state index contributed by atoms with van der Waals surface area (Å²) in [5.41, 5.74) is 2.84. The topological polar surface area (TPSA) is 64.2 Å². The number of aryl methyl sites for hydroxylation is 2. The monoisotopic (exact) mass is 324 g/mol. The van der Waals surface area contributed by atoms with Gasteiger partial charge in [0.2, 0.25) is 5.91 Å². The minimum absolute atomic E-state index is 0.128. The molecule has 1 aliphatic rings. The molecule has 0 bridgehead atoms. The molecule has 124 valence electrons. The predicted octanol–water partition coefficient (Wildman–Crippen LogP) is 2.66. The number of fused-ring (bicyclic) bond motifs is 1. The molecule has 1 amide bonds. The van der Waals surface area contributed by atoms with Gasteiger partial charge in [0.15, 0.2) is 0 Å². The van der Waals surface area contributed by atoms with E-state index in [0.29, 0.717) is 13.0 Å². The third-order valence-electron chi connectivity index (χ3n) is 4.88. The first kappa shape index (κ1) is 14.9. The Kier molecular flexibility index (Phi) is 3.59. The first-order valence-corrected chi connectivity index (χ1v) is 8.25. The summed E-state index contributed by atoms with van der Waals surface area (Å²) in [5.74, 6) is 0.859. The van der Waals surface area contributed by atoms with E-state index in [-0.39, 0.29) is 11.9 Å². The smallest absolute Gasteiger partial charge is 0.227 e. The second-order valence-corrected chi connectivity index (χ2v) is 6.41. The van der Waals surface area contributed by atoms with Crippen LogP contribution >= 0.6 is 0 Å². The zero-order valence-electron chi connectivity index (χ0n) is 13.9. The lowest BCUT2D eigenvalue weighted by Crippen LogP contribution is -2.30. The maximum Gasteiger partial charge on any atom is 0.227 e. The Morgan fingerprint density at radius 1 is 1.33 bits per heavy atom. The fraction of sp³-hybridized carbons (Fsp3) is 0.389. The number of likely N-dealkylation sites (tertiary alicyclic amines) is 1. The van der Waals surface area contributed by atoms with Crippen LogP contribution in [0.2, 0.25) is 0 Å². The molecule has 1 atom stereocenters. The SMILES string of the molecule is Cc1noc(C)c1CC(=O)N1CC[C@H](n2ncc3ccccc32)C1. The standard InChI is InChI=1S/C18H20N4O2/c1-12-16(13(2)24-20-12)9-18(23)21-8-7-15(11-21)22-17-6-4-3-5-14(17)10-19-22/h3-6,10,15H,7-9,11H2,1-2H3/t15-/m0/s1. The maximum absolute atomic E-state index is 12.6. The molecule has 0 unspecified atom stereocenters. The maximum atomic E-state index is 12.6. The highest BCUT2D eigenvalue weighted by Gasteiger charge is 2.29. The Bertz CT molecular complexity index is 876. The molecule has 1 aromatic carbocycles. The average Bonchev–Trinajstić information content (AvgIpc) is 3.29. The highest BCUT2D eigenvalue weighted by molar-refractivity contribution is 5.80. The van der Waals surface area contributed by atoms with Gasteiger partial charge < -0.3 is 9.42 Å². The number of aromatic nitrogens is 3. The molecule has 3 aromatic rings. The summed E-state index contributed by atoms with van der Waals surface area (Å²) in [4.78, 5) is 14.5. The molecule has 0 radical (unpaired) electrons. The summed E-state index contributed by atoms with van der Waals surface area (Å²) in [6.45, 7) is 5.20. The van der Waals surface area contributed by atoms with Crippen molar-refractivity contribution in [1.29, 1.82) is 0 Å². The van der Waals surface area contributed by atoms with Gasteiger partial charge in [0.25, 0.3) is 0 Å². The van der Waals surface area contributed by atoms with Crippen LogP contribution in [0, 0.1) is 13.8 Å². The highest BCUT2D eigenvalue weighted by atomic mass is 16.5. The minimum atomic E-state index is 0.128. The quantitative estimate of drug-likeness (QED) is 0.743. The Hall–Kier alpha value is -2.63. The van der Waals surface area contributed by atoms with E-state index in [1.807, 2.05) is 37.1 Å². The van der Waals surface area contributed by atoms with Crippen molar-refractivity contribution in [3.8, 4) is 0 Å². The number of hydrogen-bond donors (Lipinski definition) is 0. The number of amides is 1. The lowest BCUT2D eigenvalue weighted by atomic mass is 10.1. The molecule has 1 aliphatic heterocycles. The molecular weight excluding hydrogens is 304 g/mol. The average molecular weight is 324 g/mol. The minimum Gasteiger partial charge on any atom is -0.361 e. The normalized spacial score (nSPS) is 17.8. The van der Waals surface area contributed by atoms with E-state index in [4.69, 9.17) is 4.52 Å². The van der Waals surface area contributed by atoms with Gasteiger partial charge in [0.1, 0.15) is 5.76 Å². The molecule has 0 N–H and O–H groups in total. The summed E-state index contributed by atoms with van der Waals surface area (Å²) in [6.07, 6.45) is 3.18. The van der Waals surface area contributed by atoms with E-state index in [1.54, 1.807) is 0 Å². The van der Waals surface area contributed by atoms with Crippen LogP contribution in [0.3, 0.4) is 0 Å². The van der Waals surface area contributed by atoms with Crippen molar-refractivity contribution in [3.05, 3.63) is 47.5 Å². The van der Waals surface area contributed by atoms with Crippen LogP contribution in [0.1, 0.15) is 29.5 Å². The van der Waals surface area contributed by atoms with Crippen molar-refractivity contribution in [2.75, 3.05) is 13.1 Å². The van der Waals surface area contributed by atoms with Gasteiger partial charge in [-0.3, -0.25) is 9.48 Å². The summed E-state index contributed by atoms with van der Waals surface area (Å²) < 4.78 is 7.21. The van der Waals surface area contributed by atoms with E-state index < -0.39 is 0 Å². The van der Waals surface area contributed by atoms with Crippen molar-refractivity contribution >= 4 is 16.8 Å². The number of rotatable bonds is 3. The first-order valence-electron chi connectivity index (χ1n) is 8.25. The highest BCUT2D eigenvalue weighted by Crippen LogP contribution is 2.26. The number of benzene rings is 1. The second-order valence-electron chi connectivity index (χ2n) is 6.41. The van der Waals surface area contributed by atoms with Crippen LogP contribution in [-0.2, 0) is 11.2 Å². The number of nitrogens with zero attached hydrogens (tertiary/aromatic N) is 4. The lowest BCUT2D eigenvalue weighted by molar-refractivity contribution is -0.129. The van der Waals surface area contributed by atoms with Crippen molar-refractivity contribution in [3.63, 3.8) is 0 Å². The Morgan fingerprint density at radius 2 is 2.17 bits per heavy atom. The molecule has 0 aliphatic carbocycles. The Morgan fingerprint density at radius 3 is 2.96 bits per heavy atom. The van der Waals surface area contributed by atoms with Crippen LogP contribution < -0.4 is 0 Å². The van der Waals surface area contributed by atoms with Gasteiger partial charge in [0.05, 0.1) is 29.9 Å². The predicted molar refractivity (Wildman–Crippen MR) is 89.6 cm³/mol. The number of para-hydroxylation sites is 1. The fourth-order valence-electron chi connectivity index (χ4n) is 3.47. The van der Waals surface area contributed by atoms with Crippen LogP contribution in [0.15, 0.2) is 35.0 Å². The molecule has 6 heteroatoms. The van der Waals surface area contributed by atoms with Crippen molar-refractivity contribution < 1.29 is 9.32 Å². The molecule has 2 aromatic heterocycles. The lowest BCUT2D eigenvalue weighted by Gasteiger charge is -2.17. The second kappa shape index (κ2) is 5.78. The Labute approximate surface area is 140 Å². The van der Waals surface area contributed by atoms with Crippen molar-refractivity contribution in [1.82, 2.24) is 19.8 Å². The fourth-order valence-corrected chi connectivity index (χ4v) is 3.47. The van der Waals surface area contributed by atoms with Crippen molar-refractivity contribution in [2.45, 2.75) is 32.7 Å². The van der Waals surface area contributed by atoms with Gasteiger partial charge in [-0.1, -0.05) is 23.4 Å². The summed E-state index contributed by atoms with van der Waals surface area (Å²) in [7, 11) is 0. The number of hydrogen-bond acceptors (Lipinski definition) is 4. The largest absolute Gasteiger partial charge is 0.361 e. The molecule has 24 heavy (non-hydrogen) atoms. The van der Waals surface area contributed by atoms with E-state index >= 15 is 0 Å². The zero-order chi connectivity index (χ0) is 16.7. The van der Waals surface area contributed by atoms with Crippen LogP contribution in [0.5, 0.6) is 0 Å². The molecule has 0 spiro atoms. The van der Waals surface area contributed by atoms with Gasteiger partial charge >= 0.3 is 0 Å². The summed E-state index contributed by atoms with van der Waals surface area (Å²) in [5, 5.41) is 9.59. The number of carbonyl (C=O) groups is 1. The van der Waals surface area contributed by atoms with Gasteiger partial charge in [0, 0.05) is 24.0 Å². The van der Waals surface area contributed by atoms with Crippen LogP contribution in [0.25, 0.3) is 10.9 Å². The number of carbonyl (C=O) groups excluding carboxylic acids is 1. The van der Waals surface area contributed by atoms with Gasteiger partial charge in [-0.25, -0.2) is 0 Å². The molecule has 4 rings (SSSR count).